The van der Waals surface area contributed by atoms with Gasteiger partial charge in [-0.25, -0.2) is 0 Å². The van der Waals surface area contributed by atoms with Crippen LogP contribution in [0.15, 0.2) is 0 Å². The van der Waals surface area contributed by atoms with Gasteiger partial charge in [0.1, 0.15) is 0 Å². The Hall–Kier alpha value is 0.897. The van der Waals surface area contributed by atoms with Gasteiger partial charge in [-0.1, -0.05) is 0 Å². The summed E-state index contributed by atoms with van der Waals surface area (Å²) in [4.78, 5) is 14.8. The van der Waals surface area contributed by atoms with Crippen LogP contribution in [0.2, 0.25) is 29.6 Å². The van der Waals surface area contributed by atoms with E-state index in [0.717, 1.165) is 24.7 Å². The zero-order valence-corrected chi connectivity index (χ0v) is 18.2. The van der Waals surface area contributed by atoms with Crippen molar-refractivity contribution in [3.63, 3.8) is 0 Å². The quantitative estimate of drug-likeness (QED) is 0.623. The second-order valence-corrected chi connectivity index (χ2v) is 38.2. The van der Waals surface area contributed by atoms with Crippen LogP contribution in [0.5, 0.6) is 11.5 Å². The van der Waals surface area contributed by atoms with E-state index in [1.807, 2.05) is 11.3 Å². The molecule has 5 heteroatoms. The molecule has 0 N–H and O–H groups in total. The summed E-state index contributed by atoms with van der Waals surface area (Å²) in [6, 6.07) is 0. The first-order valence-corrected chi connectivity index (χ1v) is 26.9. The van der Waals surface area contributed by atoms with Gasteiger partial charge in [-0.15, -0.1) is 0 Å². The van der Waals surface area contributed by atoms with Gasteiger partial charge in [0.25, 0.3) is 0 Å². The molecule has 0 bridgehead atoms. The SMILES string of the molecule is [CH3][Sn]([CH3])([CH3])[c]1s[c]([Sn]([CH3])([CH3])[CH3])c2c1OCCO2. The summed E-state index contributed by atoms with van der Waals surface area (Å²) in [5, 5.41) is 0. The maximum atomic E-state index is 5.93. The van der Waals surface area contributed by atoms with Gasteiger partial charge in [0.2, 0.25) is 0 Å². The van der Waals surface area contributed by atoms with Gasteiger partial charge < -0.3 is 0 Å². The first-order valence-electron chi connectivity index (χ1n) is 6.14. The fraction of sp³-hybridized carbons (Fsp3) is 0.667. The van der Waals surface area contributed by atoms with Crippen LogP contribution in [0, 0.1) is 0 Å². The summed E-state index contributed by atoms with van der Waals surface area (Å²) in [7, 11) is 0. The summed E-state index contributed by atoms with van der Waals surface area (Å²) < 4.78 is 15.0. The van der Waals surface area contributed by atoms with E-state index < -0.39 is 36.8 Å². The topological polar surface area (TPSA) is 18.5 Å². The molecule has 17 heavy (non-hydrogen) atoms. The van der Waals surface area contributed by atoms with Crippen LogP contribution in [0.4, 0.5) is 0 Å². The number of rotatable bonds is 2. The molecule has 0 atom stereocenters. The molecule has 0 aliphatic carbocycles. The standard InChI is InChI=1S/C6H4O2S.6CH3.2Sn/c1-2-8-6-4-9-3-5(6)7-1;;;;;;;;/h1-2H2;6*1H3;;. The number of ether oxygens (including phenoxy) is 2. The van der Waals surface area contributed by atoms with E-state index in [9.17, 15) is 0 Å². The van der Waals surface area contributed by atoms with Crippen molar-refractivity contribution in [1.82, 2.24) is 0 Å². The van der Waals surface area contributed by atoms with Crippen molar-refractivity contribution in [3.8, 4) is 11.5 Å². The van der Waals surface area contributed by atoms with Crippen molar-refractivity contribution in [2.45, 2.75) is 29.6 Å². The van der Waals surface area contributed by atoms with Gasteiger partial charge in [-0.2, -0.15) is 0 Å². The molecular weight excluding hydrogens is 446 g/mol. The summed E-state index contributed by atoms with van der Waals surface area (Å²) in [5.74, 6) is 2.26. The van der Waals surface area contributed by atoms with Crippen LogP contribution in [-0.2, 0) is 0 Å². The molecule has 1 aromatic rings. The van der Waals surface area contributed by atoms with E-state index in [4.69, 9.17) is 9.47 Å². The molecule has 1 aliphatic heterocycles. The monoisotopic (exact) mass is 470 g/mol. The Balaban J connectivity index is 2.60. The van der Waals surface area contributed by atoms with Gasteiger partial charge in [-0.3, -0.25) is 0 Å². The third-order valence-electron chi connectivity index (χ3n) is 2.76. The first-order chi connectivity index (χ1) is 7.71. The minimum atomic E-state index is -2.07. The summed E-state index contributed by atoms with van der Waals surface area (Å²) in [6.45, 7) is 1.44. The Kier molecular flexibility index (Phi) is 4.02. The molecular formula is C12H22O2SSn2. The molecule has 0 saturated carbocycles. The molecule has 0 radical (unpaired) electrons. The molecule has 0 saturated heterocycles. The van der Waals surface area contributed by atoms with Gasteiger partial charge >= 0.3 is 118 Å². The Bertz CT molecular complexity index is 388. The summed E-state index contributed by atoms with van der Waals surface area (Å²) in [5.41, 5.74) is 0. The van der Waals surface area contributed by atoms with E-state index in [0.29, 0.717) is 0 Å². The van der Waals surface area contributed by atoms with Crippen LogP contribution in [0.1, 0.15) is 0 Å². The van der Waals surface area contributed by atoms with Gasteiger partial charge in [0.05, 0.1) is 0 Å². The zero-order chi connectivity index (χ0) is 12.8. The number of hydrogen-bond acceptors (Lipinski definition) is 3. The predicted octanol–water partition coefficient (Wildman–Crippen LogP) is 2.61. The number of thiophene rings is 1. The second kappa shape index (κ2) is 4.78. The molecule has 0 aromatic carbocycles. The van der Waals surface area contributed by atoms with E-state index >= 15 is 0 Å². The molecule has 0 fully saturated rings. The van der Waals surface area contributed by atoms with E-state index in [1.54, 1.807) is 5.79 Å². The summed E-state index contributed by atoms with van der Waals surface area (Å²) >= 11 is -2.12. The third-order valence-corrected chi connectivity index (χ3v) is 22.6. The molecule has 1 aromatic heterocycles. The number of hydrogen-bond donors (Lipinski definition) is 0. The average Bonchev–Trinajstić information content (AvgIpc) is 2.55. The van der Waals surface area contributed by atoms with Crippen molar-refractivity contribution >= 4 is 53.9 Å². The average molecular weight is 468 g/mol. The normalized spacial score (nSPS) is 16.1. The molecule has 0 unspecified atom stereocenters. The molecule has 2 nitrogen and oxygen atoms in total. The molecule has 0 amide bonds. The van der Waals surface area contributed by atoms with Gasteiger partial charge in [0, 0.05) is 0 Å². The fourth-order valence-corrected chi connectivity index (χ4v) is 17.7. The molecule has 0 spiro atoms. The van der Waals surface area contributed by atoms with Crippen LogP contribution >= 0.6 is 11.3 Å². The molecule has 2 rings (SSSR count). The second-order valence-electron chi connectivity index (χ2n) is 6.62. The van der Waals surface area contributed by atoms with Crippen molar-refractivity contribution in [3.05, 3.63) is 0 Å². The first kappa shape index (κ1) is 14.3. The minimum absolute atomic E-state index is 0.720. The van der Waals surface area contributed by atoms with Gasteiger partial charge in [-0.05, 0) is 0 Å². The molecule has 1 aliphatic rings. The van der Waals surface area contributed by atoms with E-state index in [2.05, 4.69) is 29.6 Å². The van der Waals surface area contributed by atoms with E-state index in [1.165, 1.54) is 0 Å². The van der Waals surface area contributed by atoms with Crippen LogP contribution in [0.25, 0.3) is 0 Å². The maximum absolute atomic E-state index is 5.93. The van der Waals surface area contributed by atoms with Crippen LogP contribution in [-0.4, -0.2) is 50.0 Å². The van der Waals surface area contributed by atoms with Crippen molar-refractivity contribution in [2.75, 3.05) is 13.2 Å². The molecule has 2 heterocycles. The summed E-state index contributed by atoms with van der Waals surface area (Å²) in [6.07, 6.45) is 0. The van der Waals surface area contributed by atoms with Crippen LogP contribution in [0.3, 0.4) is 0 Å². The van der Waals surface area contributed by atoms with E-state index in [-0.39, 0.29) is 0 Å². The predicted molar refractivity (Wildman–Crippen MR) is 81.3 cm³/mol. The fourth-order valence-electron chi connectivity index (χ4n) is 1.94. The van der Waals surface area contributed by atoms with Crippen LogP contribution < -0.4 is 15.3 Å². The third kappa shape index (κ3) is 2.91. The Morgan fingerprint density at radius 2 is 1.12 bits per heavy atom. The Morgan fingerprint density at radius 3 is 1.41 bits per heavy atom. The Morgan fingerprint density at radius 1 is 0.765 bits per heavy atom. The van der Waals surface area contributed by atoms with Crippen molar-refractivity contribution in [2.24, 2.45) is 0 Å². The Labute approximate surface area is 116 Å². The van der Waals surface area contributed by atoms with Crippen molar-refractivity contribution in [1.29, 1.82) is 0 Å². The number of fused-ring (bicyclic) bond motifs is 1. The zero-order valence-electron chi connectivity index (χ0n) is 11.6. The van der Waals surface area contributed by atoms with Crippen molar-refractivity contribution < 1.29 is 9.47 Å². The molecule has 96 valence electrons. The van der Waals surface area contributed by atoms with Gasteiger partial charge in [0.15, 0.2) is 0 Å².